The van der Waals surface area contributed by atoms with Gasteiger partial charge in [0.25, 0.3) is 0 Å². The Balaban J connectivity index is 3.59. The molecule has 0 amide bonds. The Morgan fingerprint density at radius 2 is 1.22 bits per heavy atom. The smallest absolute Gasteiger partial charge is 0.103 e. The molecule has 4 unspecified atom stereocenters. The first kappa shape index (κ1) is 17.8. The molecule has 4 atom stereocenters. The van der Waals surface area contributed by atoms with E-state index in [1.165, 1.54) is 0 Å². The first-order chi connectivity index (χ1) is 8.45. The summed E-state index contributed by atoms with van der Waals surface area (Å²) in [6.07, 6.45) is 5.01. The highest BCUT2D eigenvalue weighted by Gasteiger charge is 2.12. The summed E-state index contributed by atoms with van der Waals surface area (Å²) in [6.45, 7) is 0.717. The third-order valence-electron chi connectivity index (χ3n) is 3.09. The van der Waals surface area contributed by atoms with Crippen molar-refractivity contribution in [1.29, 1.82) is 0 Å². The highest BCUT2D eigenvalue weighted by atomic mass is 16.3. The molecule has 0 aromatic rings. The van der Waals surface area contributed by atoms with E-state index in [-0.39, 0.29) is 18.1 Å². The van der Waals surface area contributed by atoms with Gasteiger partial charge < -0.3 is 33.8 Å². The zero-order valence-corrected chi connectivity index (χ0v) is 11.3. The van der Waals surface area contributed by atoms with E-state index < -0.39 is 6.23 Å². The molecule has 0 bridgehead atoms. The van der Waals surface area contributed by atoms with Gasteiger partial charge in [-0.2, -0.15) is 0 Å². The first-order valence-corrected chi connectivity index (χ1v) is 6.86. The van der Waals surface area contributed by atoms with Crippen LogP contribution in [0.15, 0.2) is 0 Å². The summed E-state index contributed by atoms with van der Waals surface area (Å²) in [5.74, 6) is 0. The maximum Gasteiger partial charge on any atom is 0.103 e. The average Bonchev–Trinajstić information content (AvgIpc) is 2.26. The van der Waals surface area contributed by atoms with E-state index in [9.17, 15) is 0 Å². The largest absolute Gasteiger partial charge is 0.379 e. The predicted molar refractivity (Wildman–Crippen MR) is 75.5 cm³/mol. The summed E-state index contributed by atoms with van der Waals surface area (Å²) in [7, 11) is 0. The second-order valence-corrected chi connectivity index (χ2v) is 5.18. The van der Waals surface area contributed by atoms with E-state index in [0.717, 1.165) is 45.1 Å². The van der Waals surface area contributed by atoms with Crippen molar-refractivity contribution in [2.45, 2.75) is 69.3 Å². The number of hydrogen-bond donors (Lipinski definition) is 6. The van der Waals surface area contributed by atoms with E-state index in [2.05, 4.69) is 0 Å². The van der Waals surface area contributed by atoms with Gasteiger partial charge >= 0.3 is 0 Å². The molecule has 6 nitrogen and oxygen atoms in total. The molecule has 0 radical (unpaired) electrons. The van der Waals surface area contributed by atoms with Crippen LogP contribution in [0.3, 0.4) is 0 Å². The fourth-order valence-electron chi connectivity index (χ4n) is 2.03. The average molecular weight is 261 g/mol. The fraction of sp³-hybridized carbons (Fsp3) is 1.00. The summed E-state index contributed by atoms with van der Waals surface area (Å²) in [5, 5.41) is 8.99. The van der Waals surface area contributed by atoms with Gasteiger partial charge in [-0.3, -0.25) is 0 Å². The molecule has 0 rings (SSSR count). The topological polar surface area (TPSA) is 150 Å². The molecule has 0 saturated carbocycles. The Labute approximate surface area is 110 Å². The summed E-state index contributed by atoms with van der Waals surface area (Å²) in [6, 6.07) is 0.117. The van der Waals surface area contributed by atoms with Gasteiger partial charge in [-0.05, 0) is 38.6 Å². The molecule has 6 heteroatoms. The molecular formula is C12H31N5O. The van der Waals surface area contributed by atoms with Gasteiger partial charge in [0.2, 0.25) is 0 Å². The lowest BCUT2D eigenvalue weighted by molar-refractivity contribution is 0.160. The molecule has 0 spiro atoms. The Kier molecular flexibility index (Phi) is 10.5. The van der Waals surface area contributed by atoms with Crippen molar-refractivity contribution in [3.8, 4) is 0 Å². The Morgan fingerprint density at radius 3 is 1.72 bits per heavy atom. The highest BCUT2D eigenvalue weighted by Crippen LogP contribution is 2.09. The second-order valence-electron chi connectivity index (χ2n) is 5.18. The van der Waals surface area contributed by atoms with Crippen LogP contribution in [-0.2, 0) is 0 Å². The Hall–Kier alpha value is -0.240. The lowest BCUT2D eigenvalue weighted by Gasteiger charge is -2.19. The molecule has 0 aliphatic rings. The van der Waals surface area contributed by atoms with Crippen molar-refractivity contribution in [2.75, 3.05) is 6.54 Å². The van der Waals surface area contributed by atoms with Crippen molar-refractivity contribution in [1.82, 2.24) is 0 Å². The third kappa shape index (κ3) is 10.9. The van der Waals surface area contributed by atoms with Crippen LogP contribution in [0, 0.1) is 0 Å². The van der Waals surface area contributed by atoms with Crippen LogP contribution in [-0.4, -0.2) is 36.0 Å². The zero-order chi connectivity index (χ0) is 14.0. The molecule has 0 aromatic carbocycles. The van der Waals surface area contributed by atoms with Gasteiger partial charge in [0.05, 0.1) is 0 Å². The van der Waals surface area contributed by atoms with Crippen LogP contribution < -0.4 is 28.7 Å². The van der Waals surface area contributed by atoms with Crippen LogP contribution in [0.4, 0.5) is 0 Å². The second kappa shape index (κ2) is 10.7. The predicted octanol–water partition coefficient (Wildman–Crippen LogP) is -1.07. The van der Waals surface area contributed by atoms with Crippen LogP contribution in [0.25, 0.3) is 0 Å². The SMILES string of the molecule is NCCCCC(N)CC(N)CCC(N)CC(N)O. The van der Waals surface area contributed by atoms with Crippen LogP contribution in [0.1, 0.15) is 44.9 Å². The summed E-state index contributed by atoms with van der Waals surface area (Å²) < 4.78 is 0. The van der Waals surface area contributed by atoms with Crippen molar-refractivity contribution < 1.29 is 5.11 Å². The van der Waals surface area contributed by atoms with Gasteiger partial charge in [-0.25, -0.2) is 0 Å². The Bertz CT molecular complexity index is 191. The first-order valence-electron chi connectivity index (χ1n) is 6.86. The van der Waals surface area contributed by atoms with Crippen molar-refractivity contribution in [3.05, 3.63) is 0 Å². The normalized spacial score (nSPS) is 18.3. The quantitative estimate of drug-likeness (QED) is 0.206. The number of rotatable bonds is 11. The van der Waals surface area contributed by atoms with Gasteiger partial charge in [0, 0.05) is 24.5 Å². The summed E-state index contributed by atoms with van der Waals surface area (Å²) in [4.78, 5) is 0. The van der Waals surface area contributed by atoms with E-state index in [4.69, 9.17) is 33.8 Å². The molecule has 11 N–H and O–H groups in total. The minimum Gasteiger partial charge on any atom is -0.379 e. The summed E-state index contributed by atoms with van der Waals surface area (Å²) >= 11 is 0. The molecule has 0 aliphatic carbocycles. The van der Waals surface area contributed by atoms with E-state index in [0.29, 0.717) is 6.42 Å². The minimum atomic E-state index is -0.838. The molecule has 0 aliphatic heterocycles. The molecule has 18 heavy (non-hydrogen) atoms. The molecule has 110 valence electrons. The van der Waals surface area contributed by atoms with Crippen molar-refractivity contribution in [2.24, 2.45) is 28.7 Å². The van der Waals surface area contributed by atoms with Gasteiger partial charge in [0.1, 0.15) is 6.23 Å². The van der Waals surface area contributed by atoms with Gasteiger partial charge in [0.15, 0.2) is 0 Å². The van der Waals surface area contributed by atoms with Gasteiger partial charge in [-0.1, -0.05) is 6.42 Å². The standard InChI is InChI=1S/C12H31N5O/c13-6-2-1-3-9(14)7-10(15)4-5-11(16)8-12(17)18/h9-12,18H,1-8,13-17H2. The molecular weight excluding hydrogens is 230 g/mol. The molecule has 0 heterocycles. The number of nitrogens with two attached hydrogens (primary N) is 5. The zero-order valence-electron chi connectivity index (χ0n) is 11.3. The van der Waals surface area contributed by atoms with Crippen LogP contribution in [0.2, 0.25) is 0 Å². The molecule has 0 fully saturated rings. The number of aliphatic hydroxyl groups is 1. The monoisotopic (exact) mass is 261 g/mol. The van der Waals surface area contributed by atoms with Crippen molar-refractivity contribution >= 4 is 0 Å². The molecule has 0 aromatic heterocycles. The number of aliphatic hydroxyl groups excluding tert-OH is 1. The van der Waals surface area contributed by atoms with Crippen molar-refractivity contribution in [3.63, 3.8) is 0 Å². The molecule has 0 saturated heterocycles. The lowest BCUT2D eigenvalue weighted by atomic mass is 9.97. The van der Waals surface area contributed by atoms with Gasteiger partial charge in [-0.15, -0.1) is 0 Å². The Morgan fingerprint density at radius 1 is 0.722 bits per heavy atom. The van der Waals surface area contributed by atoms with E-state index in [1.807, 2.05) is 0 Å². The highest BCUT2D eigenvalue weighted by molar-refractivity contribution is 4.74. The number of unbranched alkanes of at least 4 members (excludes halogenated alkanes) is 1. The maximum absolute atomic E-state index is 8.99. The fourth-order valence-corrected chi connectivity index (χ4v) is 2.03. The van der Waals surface area contributed by atoms with E-state index >= 15 is 0 Å². The van der Waals surface area contributed by atoms with Crippen LogP contribution >= 0.6 is 0 Å². The minimum absolute atomic E-state index is 0.0684. The maximum atomic E-state index is 8.99. The lowest BCUT2D eigenvalue weighted by Crippen LogP contribution is -2.35. The van der Waals surface area contributed by atoms with E-state index in [1.54, 1.807) is 0 Å². The summed E-state index contributed by atoms with van der Waals surface area (Å²) in [5.41, 5.74) is 28.5. The number of hydrogen-bond acceptors (Lipinski definition) is 6. The third-order valence-corrected chi connectivity index (χ3v) is 3.09. The van der Waals surface area contributed by atoms with Crippen LogP contribution in [0.5, 0.6) is 0 Å².